The zero-order valence-electron chi connectivity index (χ0n) is 17.6. The van der Waals surface area contributed by atoms with Crippen LogP contribution in [0.25, 0.3) is 0 Å². The summed E-state index contributed by atoms with van der Waals surface area (Å²) in [5.41, 5.74) is -0.632. The molecule has 0 aliphatic rings. The second-order valence-electron chi connectivity index (χ2n) is 8.29. The monoisotopic (exact) mass is 401 g/mol. The van der Waals surface area contributed by atoms with Crippen molar-refractivity contribution in [3.8, 4) is 5.75 Å². The zero-order valence-corrected chi connectivity index (χ0v) is 17.6. The molecule has 0 atom stereocenters. The molecule has 2 amide bonds. The molecule has 2 aromatic rings. The lowest BCUT2D eigenvalue weighted by Crippen LogP contribution is -2.44. The summed E-state index contributed by atoms with van der Waals surface area (Å²) in [4.78, 5) is 34.0. The average Bonchev–Trinajstić information content (AvgIpc) is 2.59. The van der Waals surface area contributed by atoms with E-state index in [0.29, 0.717) is 17.3 Å². The first-order valence-corrected chi connectivity index (χ1v) is 9.19. The minimum Gasteiger partial charge on any atom is -0.486 e. The first kappa shape index (κ1) is 22.1. The van der Waals surface area contributed by atoms with Crippen LogP contribution in [0.15, 0.2) is 42.7 Å². The minimum atomic E-state index is -0.926. The van der Waals surface area contributed by atoms with Crippen LogP contribution in [0.4, 0.5) is 15.5 Å². The van der Waals surface area contributed by atoms with Gasteiger partial charge in [-0.25, -0.2) is 19.6 Å². The molecular weight excluding hydrogens is 374 g/mol. The summed E-state index contributed by atoms with van der Waals surface area (Å²) in [5, 5.41) is 0. The molecule has 8 heteroatoms. The average molecular weight is 401 g/mol. The van der Waals surface area contributed by atoms with Crippen molar-refractivity contribution in [2.75, 3.05) is 4.90 Å². The van der Waals surface area contributed by atoms with Gasteiger partial charge in [0, 0.05) is 0 Å². The molecule has 1 aromatic carbocycles. The summed E-state index contributed by atoms with van der Waals surface area (Å²) >= 11 is 0. The van der Waals surface area contributed by atoms with Gasteiger partial charge in [0.1, 0.15) is 17.8 Å². The highest BCUT2D eigenvalue weighted by molar-refractivity contribution is 6.08. The number of nitrogens with zero attached hydrogens (tertiary/aromatic N) is 3. The van der Waals surface area contributed by atoms with Gasteiger partial charge in [-0.2, -0.15) is 0 Å². The van der Waals surface area contributed by atoms with Gasteiger partial charge < -0.3 is 14.2 Å². The second-order valence-corrected chi connectivity index (χ2v) is 8.29. The molecular formula is C21H27N3O5. The maximum absolute atomic E-state index is 12.6. The lowest BCUT2D eigenvalue weighted by molar-refractivity contribution is 0.0427. The lowest BCUT2D eigenvalue weighted by Gasteiger charge is -2.27. The summed E-state index contributed by atoms with van der Waals surface area (Å²) in [6.07, 6.45) is 0.912. The van der Waals surface area contributed by atoms with Crippen LogP contribution in [0.2, 0.25) is 0 Å². The van der Waals surface area contributed by atoms with E-state index in [1.807, 2.05) is 30.3 Å². The fourth-order valence-corrected chi connectivity index (χ4v) is 2.09. The van der Waals surface area contributed by atoms with Gasteiger partial charge in [0.15, 0.2) is 5.75 Å². The van der Waals surface area contributed by atoms with Crippen molar-refractivity contribution in [2.45, 2.75) is 59.4 Å². The minimum absolute atomic E-state index is 0.166. The number of rotatable bonds is 4. The third-order valence-electron chi connectivity index (χ3n) is 3.21. The topological polar surface area (TPSA) is 90.9 Å². The van der Waals surface area contributed by atoms with E-state index in [0.717, 1.165) is 5.56 Å². The van der Waals surface area contributed by atoms with Gasteiger partial charge in [-0.1, -0.05) is 30.3 Å². The van der Waals surface area contributed by atoms with Crippen LogP contribution in [0, 0.1) is 0 Å². The summed E-state index contributed by atoms with van der Waals surface area (Å²) in [6.45, 7) is 10.5. The molecule has 156 valence electrons. The van der Waals surface area contributed by atoms with Crippen LogP contribution in [0.3, 0.4) is 0 Å². The standard InChI is InChI=1S/C21H27N3O5/c1-20(2,3)28-18(25)24(19(26)29-21(4,5)6)17-22-12-16(13-23-17)27-14-15-10-8-7-9-11-15/h7-13H,14H2,1-6H3. The van der Waals surface area contributed by atoms with E-state index >= 15 is 0 Å². The van der Waals surface area contributed by atoms with E-state index in [9.17, 15) is 9.59 Å². The fraction of sp³-hybridized carbons (Fsp3) is 0.429. The fourth-order valence-electron chi connectivity index (χ4n) is 2.09. The third kappa shape index (κ3) is 7.40. The van der Waals surface area contributed by atoms with Gasteiger partial charge in [-0.3, -0.25) is 0 Å². The summed E-state index contributed by atoms with van der Waals surface area (Å²) in [6, 6.07) is 9.61. The van der Waals surface area contributed by atoms with Gasteiger partial charge >= 0.3 is 12.2 Å². The molecule has 0 N–H and O–H groups in total. The van der Waals surface area contributed by atoms with Crippen molar-refractivity contribution >= 4 is 18.1 Å². The van der Waals surface area contributed by atoms with Crippen LogP contribution in [0.1, 0.15) is 47.1 Å². The molecule has 1 aromatic heterocycles. The normalized spacial score (nSPS) is 11.5. The van der Waals surface area contributed by atoms with Crippen LogP contribution in [-0.2, 0) is 16.1 Å². The maximum atomic E-state index is 12.6. The Balaban J connectivity index is 2.18. The van der Waals surface area contributed by atoms with E-state index in [2.05, 4.69) is 9.97 Å². The Kier molecular flexibility index (Phi) is 6.79. The van der Waals surface area contributed by atoms with Crippen LogP contribution < -0.4 is 9.64 Å². The predicted molar refractivity (Wildman–Crippen MR) is 108 cm³/mol. The quantitative estimate of drug-likeness (QED) is 0.731. The van der Waals surface area contributed by atoms with Gasteiger partial charge in [0.05, 0.1) is 12.4 Å². The molecule has 0 unspecified atom stereocenters. The predicted octanol–water partition coefficient (Wildman–Crippen LogP) is 4.73. The molecule has 1 heterocycles. The number of anilines is 1. The van der Waals surface area contributed by atoms with Crippen molar-refractivity contribution < 1.29 is 23.8 Å². The van der Waals surface area contributed by atoms with Crippen molar-refractivity contribution in [1.29, 1.82) is 0 Å². The first-order chi connectivity index (χ1) is 13.4. The summed E-state index contributed by atoms with van der Waals surface area (Å²) < 4.78 is 16.2. The maximum Gasteiger partial charge on any atom is 0.427 e. The van der Waals surface area contributed by atoms with Crippen molar-refractivity contribution in [1.82, 2.24) is 9.97 Å². The van der Waals surface area contributed by atoms with E-state index < -0.39 is 23.4 Å². The molecule has 0 bridgehead atoms. The molecule has 0 aliphatic carbocycles. The van der Waals surface area contributed by atoms with E-state index in [1.54, 1.807) is 41.5 Å². The number of aromatic nitrogens is 2. The number of amides is 2. The van der Waals surface area contributed by atoms with E-state index in [4.69, 9.17) is 14.2 Å². The van der Waals surface area contributed by atoms with Gasteiger partial charge in [-0.15, -0.1) is 4.90 Å². The molecule has 0 fully saturated rings. The molecule has 0 saturated carbocycles. The Morgan fingerprint density at radius 2 is 1.34 bits per heavy atom. The summed E-state index contributed by atoms with van der Waals surface area (Å²) in [5.74, 6) is 0.228. The highest BCUT2D eigenvalue weighted by Crippen LogP contribution is 2.20. The van der Waals surface area contributed by atoms with Crippen molar-refractivity contribution in [3.05, 3.63) is 48.3 Å². The van der Waals surface area contributed by atoms with Crippen LogP contribution >= 0.6 is 0 Å². The molecule has 2 rings (SSSR count). The molecule has 0 saturated heterocycles. The number of hydrogen-bond acceptors (Lipinski definition) is 7. The summed E-state index contributed by atoms with van der Waals surface area (Å²) in [7, 11) is 0. The number of hydrogen-bond donors (Lipinski definition) is 0. The van der Waals surface area contributed by atoms with Crippen molar-refractivity contribution in [3.63, 3.8) is 0 Å². The van der Waals surface area contributed by atoms with E-state index in [-0.39, 0.29) is 5.95 Å². The lowest BCUT2D eigenvalue weighted by atomic mass is 10.2. The number of benzene rings is 1. The largest absolute Gasteiger partial charge is 0.486 e. The number of carbonyl (C=O) groups excluding carboxylic acids is 2. The highest BCUT2D eigenvalue weighted by atomic mass is 16.6. The Labute approximate surface area is 170 Å². The Hall–Kier alpha value is -3.16. The van der Waals surface area contributed by atoms with Crippen LogP contribution in [0.5, 0.6) is 5.75 Å². The molecule has 0 spiro atoms. The Morgan fingerprint density at radius 3 is 1.79 bits per heavy atom. The smallest absolute Gasteiger partial charge is 0.427 e. The van der Waals surface area contributed by atoms with Crippen LogP contribution in [-0.4, -0.2) is 33.4 Å². The Morgan fingerprint density at radius 1 is 0.862 bits per heavy atom. The number of imide groups is 1. The van der Waals surface area contributed by atoms with Crippen molar-refractivity contribution in [2.24, 2.45) is 0 Å². The first-order valence-electron chi connectivity index (χ1n) is 9.19. The second kappa shape index (κ2) is 8.89. The molecule has 29 heavy (non-hydrogen) atoms. The zero-order chi connectivity index (χ0) is 21.7. The highest BCUT2D eigenvalue weighted by Gasteiger charge is 2.34. The molecule has 0 radical (unpaired) electrons. The van der Waals surface area contributed by atoms with Gasteiger partial charge in [-0.05, 0) is 47.1 Å². The van der Waals surface area contributed by atoms with E-state index in [1.165, 1.54) is 12.4 Å². The van der Waals surface area contributed by atoms with Gasteiger partial charge in [0.25, 0.3) is 0 Å². The Bertz CT molecular complexity index is 796. The van der Waals surface area contributed by atoms with Gasteiger partial charge in [0.2, 0.25) is 5.95 Å². The number of ether oxygens (including phenoxy) is 3. The SMILES string of the molecule is CC(C)(C)OC(=O)N(C(=O)OC(C)(C)C)c1ncc(OCc2ccccc2)cn1. The third-order valence-corrected chi connectivity index (χ3v) is 3.21. The molecule has 8 nitrogen and oxygen atoms in total. The number of carbonyl (C=O) groups is 2. The molecule has 0 aliphatic heterocycles.